The highest BCUT2D eigenvalue weighted by Gasteiger charge is 2.56. The van der Waals surface area contributed by atoms with Crippen molar-refractivity contribution in [1.29, 1.82) is 0 Å². The Morgan fingerprint density at radius 2 is 1.69 bits per heavy atom. The van der Waals surface area contributed by atoms with Crippen LogP contribution in [0.3, 0.4) is 0 Å². The molecule has 0 saturated carbocycles. The van der Waals surface area contributed by atoms with Crippen molar-refractivity contribution in [2.24, 2.45) is 0 Å². The number of aliphatic hydroxyl groups is 1. The van der Waals surface area contributed by atoms with E-state index in [9.17, 15) is 31.4 Å². The van der Waals surface area contributed by atoms with Crippen LogP contribution in [0.5, 0.6) is 0 Å². The Morgan fingerprint density at radius 1 is 1.00 bits per heavy atom. The molecule has 0 fully saturated rings. The van der Waals surface area contributed by atoms with E-state index in [0.717, 1.165) is 6.07 Å². The van der Waals surface area contributed by atoms with E-state index >= 15 is 0 Å². The molecule has 2 N–H and O–H groups in total. The first kappa shape index (κ1) is 20.9. The number of aryl methyl sites for hydroxylation is 1. The summed E-state index contributed by atoms with van der Waals surface area (Å²) in [6, 6.07) is 8.04. The first-order valence-corrected chi connectivity index (χ1v) is 8.36. The van der Waals surface area contributed by atoms with Gasteiger partial charge in [-0.2, -0.15) is 26.3 Å². The third kappa shape index (κ3) is 4.14. The summed E-state index contributed by atoms with van der Waals surface area (Å²) in [6.07, 6.45) is -10.8. The maximum absolute atomic E-state index is 13.5. The molecule has 29 heavy (non-hydrogen) atoms. The van der Waals surface area contributed by atoms with E-state index in [0.29, 0.717) is 0 Å². The topological polar surface area (TPSA) is 71.2 Å². The Kier molecular flexibility index (Phi) is 5.20. The van der Waals surface area contributed by atoms with Crippen LogP contribution >= 0.6 is 0 Å². The summed E-state index contributed by atoms with van der Waals surface area (Å²) >= 11 is 0. The largest absolute Gasteiger partial charge is 0.463 e. The molecule has 1 unspecified atom stereocenters. The summed E-state index contributed by atoms with van der Waals surface area (Å²) in [5, 5.41) is 12.9. The van der Waals surface area contributed by atoms with Crippen LogP contribution in [-0.4, -0.2) is 27.8 Å². The zero-order valence-corrected chi connectivity index (χ0v) is 14.9. The fourth-order valence-electron chi connectivity index (χ4n) is 2.76. The van der Waals surface area contributed by atoms with Gasteiger partial charge in [0.2, 0.25) is 11.4 Å². The predicted octanol–water partition coefficient (Wildman–Crippen LogP) is 4.80. The molecule has 3 rings (SSSR count). The number of fused-ring (bicyclic) bond motifs is 1. The summed E-state index contributed by atoms with van der Waals surface area (Å²) in [6.45, 7) is 0.887. The van der Waals surface area contributed by atoms with Crippen LogP contribution in [0.1, 0.15) is 23.8 Å². The fraction of sp³-hybridized carbons (Fsp3) is 0.333. The van der Waals surface area contributed by atoms with Gasteiger partial charge in [-0.25, -0.2) is 9.97 Å². The maximum atomic E-state index is 13.5. The van der Waals surface area contributed by atoms with Crippen molar-refractivity contribution in [3.63, 3.8) is 0 Å². The van der Waals surface area contributed by atoms with E-state index in [1.165, 1.54) is 37.3 Å². The van der Waals surface area contributed by atoms with Gasteiger partial charge in [-0.15, -0.1) is 0 Å². The number of hydrogen-bond acceptors (Lipinski definition) is 5. The van der Waals surface area contributed by atoms with Crippen molar-refractivity contribution in [1.82, 2.24) is 9.97 Å². The van der Waals surface area contributed by atoms with Crippen molar-refractivity contribution >= 4 is 16.7 Å². The summed E-state index contributed by atoms with van der Waals surface area (Å²) < 4.78 is 84.5. The van der Waals surface area contributed by atoms with E-state index in [4.69, 9.17) is 4.42 Å². The van der Waals surface area contributed by atoms with Gasteiger partial charge in [0.1, 0.15) is 17.3 Å². The molecule has 1 aromatic carbocycles. The summed E-state index contributed by atoms with van der Waals surface area (Å²) in [5.74, 6) is -2.24. The second-order valence-corrected chi connectivity index (χ2v) is 6.36. The summed E-state index contributed by atoms with van der Waals surface area (Å²) in [5.41, 5.74) is -3.34. The number of nitrogens with one attached hydrogen (secondary N) is 1. The van der Waals surface area contributed by atoms with Gasteiger partial charge in [0.15, 0.2) is 0 Å². The highest BCUT2D eigenvalue weighted by Crippen LogP contribution is 2.42. The number of alkyl halides is 6. The van der Waals surface area contributed by atoms with E-state index in [-0.39, 0.29) is 22.5 Å². The number of benzene rings is 1. The van der Waals surface area contributed by atoms with Gasteiger partial charge in [-0.05, 0) is 31.2 Å². The third-order valence-electron chi connectivity index (χ3n) is 4.25. The zero-order chi connectivity index (χ0) is 21.4. The number of hydrogen-bond donors (Lipinski definition) is 2. The average Bonchev–Trinajstić information content (AvgIpc) is 3.06. The molecule has 2 aromatic heterocycles. The molecule has 5 nitrogen and oxygen atoms in total. The monoisotopic (exact) mass is 419 g/mol. The number of rotatable bonds is 5. The first-order valence-electron chi connectivity index (χ1n) is 8.36. The van der Waals surface area contributed by atoms with Gasteiger partial charge in [-0.1, -0.05) is 12.1 Å². The molecule has 156 valence electrons. The molecule has 0 saturated heterocycles. The van der Waals surface area contributed by atoms with E-state index < -0.39 is 42.5 Å². The SMILES string of the molecule is Cc1ccc(C(O)(CCNc2nc(C(F)(F)F)nc3ccccc23)C(F)(F)F)o1. The predicted molar refractivity (Wildman–Crippen MR) is 91.0 cm³/mol. The van der Waals surface area contributed by atoms with Gasteiger partial charge in [0.25, 0.3) is 0 Å². The number of halogens is 6. The summed E-state index contributed by atoms with van der Waals surface area (Å²) in [7, 11) is 0. The van der Waals surface area contributed by atoms with Crippen LogP contribution < -0.4 is 5.32 Å². The lowest BCUT2D eigenvalue weighted by atomic mass is 9.95. The third-order valence-corrected chi connectivity index (χ3v) is 4.25. The molecule has 2 heterocycles. The van der Waals surface area contributed by atoms with Gasteiger partial charge in [0, 0.05) is 18.4 Å². The van der Waals surface area contributed by atoms with Crippen molar-refractivity contribution in [2.45, 2.75) is 31.3 Å². The van der Waals surface area contributed by atoms with Crippen LogP contribution in [0.15, 0.2) is 40.8 Å². The van der Waals surface area contributed by atoms with Crippen LogP contribution in [0.4, 0.5) is 32.2 Å². The minimum Gasteiger partial charge on any atom is -0.463 e. The second kappa shape index (κ2) is 7.21. The number of anilines is 1. The van der Waals surface area contributed by atoms with E-state index in [1.807, 2.05) is 0 Å². The molecular weight excluding hydrogens is 404 g/mol. The molecule has 0 aliphatic rings. The minimum absolute atomic E-state index is 0.0231. The molecule has 0 amide bonds. The lowest BCUT2D eigenvalue weighted by Gasteiger charge is -2.28. The fourth-order valence-corrected chi connectivity index (χ4v) is 2.76. The molecule has 1 atom stereocenters. The Hall–Kier alpha value is -2.82. The Balaban J connectivity index is 1.90. The van der Waals surface area contributed by atoms with Crippen LogP contribution in [0.2, 0.25) is 0 Å². The Morgan fingerprint density at radius 3 is 2.28 bits per heavy atom. The van der Waals surface area contributed by atoms with Gasteiger partial charge >= 0.3 is 12.4 Å². The lowest BCUT2D eigenvalue weighted by Crippen LogP contribution is -2.43. The van der Waals surface area contributed by atoms with Crippen molar-refractivity contribution in [3.05, 3.63) is 53.7 Å². The van der Waals surface area contributed by atoms with E-state index in [1.54, 1.807) is 0 Å². The second-order valence-electron chi connectivity index (χ2n) is 6.36. The Bertz CT molecular complexity index is 1010. The molecule has 0 radical (unpaired) electrons. The van der Waals surface area contributed by atoms with Crippen LogP contribution in [-0.2, 0) is 11.8 Å². The molecular formula is C18H15F6N3O2. The highest BCUT2D eigenvalue weighted by atomic mass is 19.4. The quantitative estimate of drug-likeness (QED) is 0.582. The normalized spacial score (nSPS) is 14.8. The smallest absolute Gasteiger partial charge is 0.451 e. The van der Waals surface area contributed by atoms with Crippen molar-refractivity contribution in [3.8, 4) is 0 Å². The number of para-hydroxylation sites is 1. The van der Waals surface area contributed by atoms with Gasteiger partial charge in [0.05, 0.1) is 5.52 Å². The summed E-state index contributed by atoms with van der Waals surface area (Å²) in [4.78, 5) is 6.83. The lowest BCUT2D eigenvalue weighted by molar-refractivity contribution is -0.274. The molecule has 0 aliphatic carbocycles. The highest BCUT2D eigenvalue weighted by molar-refractivity contribution is 5.89. The van der Waals surface area contributed by atoms with Crippen LogP contribution in [0.25, 0.3) is 10.9 Å². The molecule has 0 aliphatic heterocycles. The van der Waals surface area contributed by atoms with Crippen molar-refractivity contribution < 1.29 is 35.9 Å². The standard InChI is InChI=1S/C18H15F6N3O2/c1-10-6-7-13(29-10)16(28,18(22,23)24)8-9-25-14-11-4-2-3-5-12(11)26-15(27-14)17(19,20)21/h2-7,28H,8-9H2,1H3,(H,25,26,27). The minimum atomic E-state index is -5.07. The maximum Gasteiger partial charge on any atom is 0.451 e. The van der Waals surface area contributed by atoms with Gasteiger partial charge in [-0.3, -0.25) is 0 Å². The average molecular weight is 419 g/mol. The van der Waals surface area contributed by atoms with E-state index in [2.05, 4.69) is 15.3 Å². The molecule has 11 heteroatoms. The Labute approximate surface area is 160 Å². The zero-order valence-electron chi connectivity index (χ0n) is 14.9. The molecule has 3 aromatic rings. The number of furan rings is 1. The number of aromatic nitrogens is 2. The number of nitrogens with zero attached hydrogens (tertiary/aromatic N) is 2. The molecule has 0 spiro atoms. The molecule has 0 bridgehead atoms. The van der Waals surface area contributed by atoms with Gasteiger partial charge < -0.3 is 14.8 Å². The van der Waals surface area contributed by atoms with Crippen molar-refractivity contribution in [2.75, 3.05) is 11.9 Å². The first-order chi connectivity index (χ1) is 13.4. The van der Waals surface area contributed by atoms with Crippen LogP contribution in [0, 0.1) is 6.92 Å².